The van der Waals surface area contributed by atoms with Crippen LogP contribution in [0.25, 0.3) is 16.0 Å². The largest absolute Gasteiger partial charge is 0.447 e. The summed E-state index contributed by atoms with van der Waals surface area (Å²) in [5, 5.41) is 7.38. The highest BCUT2D eigenvalue weighted by Crippen LogP contribution is 2.30. The van der Waals surface area contributed by atoms with Crippen LogP contribution in [0.1, 0.15) is 16.6 Å². The minimum atomic E-state index is -0.951. The van der Waals surface area contributed by atoms with Crippen LogP contribution in [0.2, 0.25) is 0 Å². The third-order valence-electron chi connectivity index (χ3n) is 4.22. The fourth-order valence-corrected chi connectivity index (χ4v) is 3.36. The SMILES string of the molecule is [C-]#[N+]c1ccccc1-c1ccc([C@H](COC(N)=O)NC(=O)Nc2csc(C#C)n2)cc1. The fraction of sp³-hybridized carbons (Fsp3) is 0.0909. The van der Waals surface area contributed by atoms with Gasteiger partial charge in [-0.25, -0.2) is 19.4 Å². The number of ether oxygens (including phenoxy) is 1. The lowest BCUT2D eigenvalue weighted by Gasteiger charge is -2.19. The summed E-state index contributed by atoms with van der Waals surface area (Å²) in [4.78, 5) is 31.1. The van der Waals surface area contributed by atoms with E-state index >= 15 is 0 Å². The number of terminal acetylenes is 1. The smallest absolute Gasteiger partial charge is 0.404 e. The Morgan fingerprint density at radius 3 is 2.65 bits per heavy atom. The number of primary amides is 1. The topological polar surface area (TPSA) is 111 Å². The number of aromatic nitrogens is 1. The van der Waals surface area contributed by atoms with Crippen molar-refractivity contribution in [3.63, 3.8) is 0 Å². The normalized spacial score (nSPS) is 10.9. The van der Waals surface area contributed by atoms with Crippen molar-refractivity contribution in [3.05, 3.63) is 75.9 Å². The molecule has 3 amide bonds. The van der Waals surface area contributed by atoms with Gasteiger partial charge in [-0.05, 0) is 22.6 Å². The van der Waals surface area contributed by atoms with E-state index in [0.29, 0.717) is 22.1 Å². The van der Waals surface area contributed by atoms with E-state index in [1.807, 2.05) is 24.3 Å². The number of nitrogens with two attached hydrogens (primary N) is 1. The number of thiazole rings is 1. The molecule has 0 fully saturated rings. The minimum absolute atomic E-state index is 0.159. The van der Waals surface area contributed by atoms with Gasteiger partial charge in [-0.2, -0.15) is 0 Å². The van der Waals surface area contributed by atoms with Crippen LogP contribution < -0.4 is 16.4 Å². The van der Waals surface area contributed by atoms with Crippen LogP contribution in [0.5, 0.6) is 0 Å². The van der Waals surface area contributed by atoms with Crippen LogP contribution in [0.3, 0.4) is 0 Å². The van der Waals surface area contributed by atoms with Gasteiger partial charge in [0.1, 0.15) is 12.4 Å². The second-order valence-corrected chi connectivity index (χ2v) is 7.07. The van der Waals surface area contributed by atoms with E-state index in [0.717, 1.165) is 11.1 Å². The molecule has 0 aliphatic carbocycles. The monoisotopic (exact) mass is 431 g/mol. The molecule has 0 saturated heterocycles. The molecule has 0 aliphatic rings. The van der Waals surface area contributed by atoms with Gasteiger partial charge in [0, 0.05) is 5.38 Å². The molecular formula is C22H17N5O3S. The zero-order valence-corrected chi connectivity index (χ0v) is 17.0. The van der Waals surface area contributed by atoms with Crippen molar-refractivity contribution < 1.29 is 14.3 Å². The molecular weight excluding hydrogens is 414 g/mol. The third-order valence-corrected chi connectivity index (χ3v) is 4.99. The van der Waals surface area contributed by atoms with Gasteiger partial charge in [0.25, 0.3) is 0 Å². The molecule has 1 aromatic heterocycles. The number of nitrogens with one attached hydrogen (secondary N) is 2. The van der Waals surface area contributed by atoms with Crippen molar-refractivity contribution in [2.24, 2.45) is 5.73 Å². The average Bonchev–Trinajstić information content (AvgIpc) is 3.24. The molecule has 0 bridgehead atoms. The van der Waals surface area contributed by atoms with E-state index in [-0.39, 0.29) is 6.61 Å². The van der Waals surface area contributed by atoms with Crippen molar-refractivity contribution in [1.82, 2.24) is 10.3 Å². The molecule has 4 N–H and O–H groups in total. The van der Waals surface area contributed by atoms with E-state index in [9.17, 15) is 9.59 Å². The zero-order chi connectivity index (χ0) is 22.2. The predicted octanol–water partition coefficient (Wildman–Crippen LogP) is 4.30. The predicted molar refractivity (Wildman–Crippen MR) is 119 cm³/mol. The molecule has 154 valence electrons. The molecule has 0 aliphatic heterocycles. The number of hydrogen-bond acceptors (Lipinski definition) is 5. The van der Waals surface area contributed by atoms with E-state index < -0.39 is 18.2 Å². The van der Waals surface area contributed by atoms with E-state index in [4.69, 9.17) is 23.5 Å². The number of hydrogen-bond donors (Lipinski definition) is 3. The first-order valence-electron chi connectivity index (χ1n) is 8.99. The van der Waals surface area contributed by atoms with Crippen LogP contribution in [0.15, 0.2) is 53.9 Å². The Hall–Kier alpha value is -4.34. The van der Waals surface area contributed by atoms with Crippen molar-refractivity contribution in [3.8, 4) is 23.5 Å². The Morgan fingerprint density at radius 2 is 2.00 bits per heavy atom. The van der Waals surface area contributed by atoms with Gasteiger partial charge in [-0.15, -0.1) is 17.8 Å². The summed E-state index contributed by atoms with van der Waals surface area (Å²) in [5.74, 6) is 2.71. The lowest BCUT2D eigenvalue weighted by atomic mass is 10.00. The second kappa shape index (κ2) is 9.92. The molecule has 8 nitrogen and oxygen atoms in total. The van der Waals surface area contributed by atoms with E-state index in [1.54, 1.807) is 29.6 Å². The minimum Gasteiger partial charge on any atom is -0.447 e. The highest BCUT2D eigenvalue weighted by atomic mass is 32.1. The second-order valence-electron chi connectivity index (χ2n) is 6.21. The Kier molecular flexibility index (Phi) is 6.84. The van der Waals surface area contributed by atoms with Crippen molar-refractivity contribution in [2.45, 2.75) is 6.04 Å². The summed E-state index contributed by atoms with van der Waals surface area (Å²) in [6.45, 7) is 7.16. The Labute approximate surface area is 182 Å². The first-order chi connectivity index (χ1) is 15.0. The van der Waals surface area contributed by atoms with Crippen LogP contribution in [-0.4, -0.2) is 23.7 Å². The maximum Gasteiger partial charge on any atom is 0.404 e. The molecule has 9 heteroatoms. The quantitative estimate of drug-likeness (QED) is 0.399. The number of carbonyl (C=O) groups is 2. The van der Waals surface area contributed by atoms with Gasteiger partial charge >= 0.3 is 12.1 Å². The Morgan fingerprint density at radius 1 is 1.26 bits per heavy atom. The number of amides is 3. The summed E-state index contributed by atoms with van der Waals surface area (Å²) in [7, 11) is 0. The van der Waals surface area contributed by atoms with Gasteiger partial charge in [0.15, 0.2) is 10.7 Å². The third kappa shape index (κ3) is 5.60. The molecule has 3 rings (SSSR count). The molecule has 3 aromatic rings. The van der Waals surface area contributed by atoms with Crippen LogP contribution >= 0.6 is 11.3 Å². The molecule has 0 unspecified atom stereocenters. The lowest BCUT2D eigenvalue weighted by molar-refractivity contribution is 0.144. The molecule has 0 spiro atoms. The van der Waals surface area contributed by atoms with Gasteiger partial charge < -0.3 is 15.8 Å². The summed E-state index contributed by atoms with van der Waals surface area (Å²) in [6, 6.07) is 13.3. The Bertz CT molecular complexity index is 1170. The van der Waals surface area contributed by atoms with Crippen molar-refractivity contribution >= 4 is 35.0 Å². The molecule has 0 radical (unpaired) electrons. The van der Waals surface area contributed by atoms with Crippen LogP contribution in [0, 0.1) is 18.9 Å². The molecule has 0 saturated carbocycles. The highest BCUT2D eigenvalue weighted by molar-refractivity contribution is 7.10. The lowest BCUT2D eigenvalue weighted by Crippen LogP contribution is -2.36. The fourth-order valence-electron chi connectivity index (χ4n) is 2.81. The van der Waals surface area contributed by atoms with Crippen molar-refractivity contribution in [1.29, 1.82) is 0 Å². The first-order valence-corrected chi connectivity index (χ1v) is 9.87. The van der Waals surface area contributed by atoms with E-state index in [1.165, 1.54) is 11.3 Å². The van der Waals surface area contributed by atoms with Crippen molar-refractivity contribution in [2.75, 3.05) is 11.9 Å². The Balaban J connectivity index is 1.78. The van der Waals surface area contributed by atoms with Crippen LogP contribution in [0.4, 0.5) is 21.1 Å². The molecule has 31 heavy (non-hydrogen) atoms. The number of nitrogens with zero attached hydrogens (tertiary/aromatic N) is 2. The summed E-state index contributed by atoms with van der Waals surface area (Å²) in [6.07, 6.45) is 4.33. The summed E-state index contributed by atoms with van der Waals surface area (Å²) in [5.41, 5.74) is 7.94. The number of anilines is 1. The highest BCUT2D eigenvalue weighted by Gasteiger charge is 2.18. The number of carbonyl (C=O) groups excluding carboxylic acids is 2. The van der Waals surface area contributed by atoms with Gasteiger partial charge in [0.2, 0.25) is 0 Å². The maximum atomic E-state index is 12.4. The average molecular weight is 431 g/mol. The molecule has 1 atom stereocenters. The number of benzene rings is 2. The van der Waals surface area contributed by atoms with Gasteiger partial charge in [0.05, 0.1) is 12.6 Å². The summed E-state index contributed by atoms with van der Waals surface area (Å²) < 4.78 is 4.90. The summed E-state index contributed by atoms with van der Waals surface area (Å²) >= 11 is 1.23. The molecule has 2 aromatic carbocycles. The maximum absolute atomic E-state index is 12.4. The standard InChI is InChI=1S/C22H17N5O3S/c1-3-20-26-19(13-31-20)27-22(29)25-18(12-30-21(23)28)15-10-8-14(9-11-15)16-6-4-5-7-17(16)24-2/h1,4-11,13,18H,12H2,(H2,23,28)(H2,25,27,29)/t18-/m0/s1. The first kappa shape index (κ1) is 21.4. The number of rotatable bonds is 6. The van der Waals surface area contributed by atoms with Gasteiger partial charge in [-0.1, -0.05) is 48.5 Å². The van der Waals surface area contributed by atoms with Gasteiger partial charge in [-0.3, -0.25) is 5.32 Å². The van der Waals surface area contributed by atoms with Crippen LogP contribution in [-0.2, 0) is 4.74 Å². The number of urea groups is 1. The molecule has 1 heterocycles. The van der Waals surface area contributed by atoms with E-state index in [2.05, 4.69) is 26.4 Å². The zero-order valence-electron chi connectivity index (χ0n) is 16.2. The number of para-hydroxylation sites is 1.